The van der Waals surface area contributed by atoms with Crippen LogP contribution in [0.1, 0.15) is 78.4 Å². The predicted molar refractivity (Wildman–Crippen MR) is 434 cm³/mol. The first-order valence-electron chi connectivity index (χ1n) is 35.4. The highest BCUT2D eigenvalue weighted by molar-refractivity contribution is 8.24. The summed E-state index contributed by atoms with van der Waals surface area (Å²) in [5.74, 6) is -4.46. The Hall–Kier alpha value is -9.86. The molecule has 1 atom stereocenters. The van der Waals surface area contributed by atoms with Crippen LogP contribution in [-0.4, -0.2) is 132 Å². The number of alkyl halides is 12. The minimum absolute atomic E-state index is 0.0546. The van der Waals surface area contributed by atoms with Gasteiger partial charge in [0.1, 0.15) is 40.2 Å². The topological polar surface area (TPSA) is 346 Å². The number of anilines is 7. The van der Waals surface area contributed by atoms with E-state index in [2.05, 4.69) is 107 Å². The molecule has 13 heterocycles. The Bertz CT molecular complexity index is 5590. The van der Waals surface area contributed by atoms with Crippen LogP contribution >= 0.6 is 96.9 Å². The smallest absolute Gasteiger partial charge is 0.451 e. The highest BCUT2D eigenvalue weighted by Gasteiger charge is 2.41. The van der Waals surface area contributed by atoms with E-state index in [0.717, 1.165) is 40.6 Å². The van der Waals surface area contributed by atoms with Gasteiger partial charge in [0, 0.05) is 103 Å². The number of nitrogens with two attached hydrogens (primary N) is 2. The minimum atomic E-state index is -4.70. The highest BCUT2D eigenvalue weighted by Crippen LogP contribution is 2.61. The molecule has 11 aromatic rings. The van der Waals surface area contributed by atoms with Gasteiger partial charge in [-0.3, -0.25) is 33.7 Å². The molecular formula is C72H67Cl8F12N22O5P. The zero-order valence-electron chi connectivity index (χ0n) is 62.5. The van der Waals surface area contributed by atoms with Crippen LogP contribution < -0.4 is 41.9 Å². The van der Waals surface area contributed by atoms with Gasteiger partial charge in [0.05, 0.1) is 93.4 Å². The summed E-state index contributed by atoms with van der Waals surface area (Å²) in [6.45, 7) is 10.2. The maximum absolute atomic E-state index is 13.6. The number of halogens is 20. The van der Waals surface area contributed by atoms with Crippen molar-refractivity contribution in [3.63, 3.8) is 0 Å². The van der Waals surface area contributed by atoms with Gasteiger partial charge < -0.3 is 46.1 Å². The third-order valence-electron chi connectivity index (χ3n) is 17.6. The molecule has 0 amide bonds. The molecule has 0 saturated carbocycles. The number of carbonyl (C=O) groups is 2. The summed E-state index contributed by atoms with van der Waals surface area (Å²) in [7, 11) is 0. The normalized spacial score (nSPS) is 14.6. The lowest BCUT2D eigenvalue weighted by atomic mass is 9.95. The third kappa shape index (κ3) is 25.4. The van der Waals surface area contributed by atoms with Crippen LogP contribution in [0.4, 0.5) is 93.1 Å². The standard InChI is InChI=1S/C22H19ClF3N7.C13H9Cl2F3N4.C13H10ClF3N4O.C13H15ClN2O3.C9H11N3.C2H3F3N2.Cl3OP/c1-2-33-18-6-5-14(10-13(18)11-28-33)29-19-15-7-9-32(20-16(23)4-3-8-27-20)12-17(15)30-21(31-19)22(24,25)26;14-8-2-1-4-19-11(8)22-5-3-7-9(6-22)20-12(13(16,17)18)21-10(7)15;14-8-2-1-4-18-10(8)21-5-3-7-9(6-21)19-12(13(15,16)17)20-11(7)22;1-2-19-13(18)9-5-7-16(8-11(9)17)12-10(14)4-3-6-15-12;1-2-12-9-4-3-8(10)5-7(9)6-11-12;3-2(4,5)1(6)7;1-5(2,3)4/h3-6,8,10-11H,2,7,9,12H2,1H3,(H,29,30,31);1-2,4H,3,5-6H2;1-2,4H,3,5-6H2,(H,19,20,22);3-4,6,9H,2,5,7-8H2,1H3;3-6H,2,10H2,1H3;(H3,6,7);. The molecule has 1 unspecified atom stereocenters. The second kappa shape index (κ2) is 40.7. The first-order valence-corrected chi connectivity index (χ1v) is 41.7. The van der Waals surface area contributed by atoms with E-state index in [1.807, 2.05) is 57.7 Å². The Kier molecular flexibility index (Phi) is 31.9. The number of esters is 1. The van der Waals surface area contributed by atoms with Crippen molar-refractivity contribution in [3.8, 4) is 0 Å². The number of nitrogens with one attached hydrogen (secondary N) is 3. The van der Waals surface area contributed by atoms with E-state index in [-0.39, 0.29) is 66.3 Å². The third-order valence-corrected chi connectivity index (χ3v) is 19.0. The van der Waals surface area contributed by atoms with Crippen LogP contribution in [0.25, 0.3) is 21.8 Å². The monoisotopic (exact) mass is 1860 g/mol. The SMILES string of the molecule is CCOC(=O)C1CCN(c2ncccc2Cl)CC1=O.CCn1ncc2cc(N)ccc21.CCn1ncc2cc(Nc3nc(C(F)(F)F)nc4c3CCN(c3ncccc3Cl)C4)ccc21.FC(F)(F)c1nc(Cl)c2c(n1)CN(c1ncccc1Cl)CC2.N=C(N)C(F)(F)F.O=P(Cl)(Cl)Cl.O=c1[nH]c(C(F)(F)F)nc2c1CCN(c1ncccc1Cl)C2. The zero-order chi connectivity index (χ0) is 87.9. The molecule has 1 fully saturated rings. The summed E-state index contributed by atoms with van der Waals surface area (Å²) in [4.78, 5) is 79.2. The number of ether oxygens (including phenoxy) is 1. The van der Waals surface area contributed by atoms with Gasteiger partial charge in [0.2, 0.25) is 17.5 Å². The lowest BCUT2D eigenvalue weighted by Gasteiger charge is -2.31. The van der Waals surface area contributed by atoms with Crippen molar-refractivity contribution < 1.29 is 71.6 Å². The number of hydrogen-bond donors (Lipinski definition) is 5. The Morgan fingerprint density at radius 1 is 0.567 bits per heavy atom. The Morgan fingerprint density at radius 3 is 1.39 bits per heavy atom. The first-order chi connectivity index (χ1) is 56.4. The summed E-state index contributed by atoms with van der Waals surface area (Å²) in [5, 5.41) is 17.8. The lowest BCUT2D eigenvalue weighted by Crippen LogP contribution is -2.44. The second-order valence-corrected chi connectivity index (χ2v) is 34.2. The van der Waals surface area contributed by atoms with E-state index >= 15 is 0 Å². The van der Waals surface area contributed by atoms with Gasteiger partial charge >= 0.3 is 35.9 Å². The van der Waals surface area contributed by atoms with Gasteiger partial charge in [-0.05, 0) is 165 Å². The Balaban J connectivity index is 0.000000169. The average Bonchev–Trinajstić information content (AvgIpc) is 0.786. The molecule has 640 valence electrons. The fourth-order valence-corrected chi connectivity index (χ4v) is 13.4. The summed E-state index contributed by atoms with van der Waals surface area (Å²) in [6.07, 6.45) is -7.14. The summed E-state index contributed by atoms with van der Waals surface area (Å²) in [6, 6.07) is 24.9. The molecule has 27 nitrogen and oxygen atoms in total. The largest absolute Gasteiger partial charge is 0.465 e. The summed E-state index contributed by atoms with van der Waals surface area (Å²) >= 11 is 44.1. The van der Waals surface area contributed by atoms with Crippen LogP contribution in [0.5, 0.6) is 0 Å². The molecule has 2 aromatic carbocycles. The van der Waals surface area contributed by atoms with E-state index in [1.165, 1.54) is 0 Å². The second-order valence-electron chi connectivity index (χ2n) is 25.6. The number of aryl methyl sites for hydroxylation is 2. The molecule has 0 aliphatic carbocycles. The number of benzene rings is 2. The number of hydrogen-bond acceptors (Lipinski definition) is 23. The van der Waals surface area contributed by atoms with Crippen LogP contribution in [0.2, 0.25) is 25.2 Å². The van der Waals surface area contributed by atoms with Gasteiger partial charge in [-0.15, -0.1) is 0 Å². The molecule has 120 heavy (non-hydrogen) atoms. The van der Waals surface area contributed by atoms with Gasteiger partial charge in [-0.1, -0.05) is 58.0 Å². The van der Waals surface area contributed by atoms with E-state index < -0.39 is 70.7 Å². The first kappa shape index (κ1) is 94.0. The number of nitrogen functional groups attached to an aromatic ring is 1. The van der Waals surface area contributed by atoms with Gasteiger partial charge in [0.15, 0.2) is 11.6 Å². The van der Waals surface area contributed by atoms with Crippen molar-refractivity contribution in [1.29, 1.82) is 5.41 Å². The molecule has 15 rings (SSSR count). The fraction of sp³-hybridized carbons (Fsp3) is 0.319. The van der Waals surface area contributed by atoms with Crippen LogP contribution in [0.3, 0.4) is 0 Å². The molecule has 0 bridgehead atoms. The van der Waals surface area contributed by atoms with Crippen molar-refractivity contribution >= 4 is 177 Å². The van der Waals surface area contributed by atoms with Gasteiger partial charge in [-0.2, -0.15) is 62.9 Å². The fourth-order valence-electron chi connectivity index (χ4n) is 12.1. The van der Waals surface area contributed by atoms with Crippen molar-refractivity contribution in [2.45, 2.75) is 104 Å². The van der Waals surface area contributed by atoms with Crippen LogP contribution in [-0.2, 0) is 89.4 Å². The number of pyridine rings is 4. The summed E-state index contributed by atoms with van der Waals surface area (Å²) < 4.78 is 168. The minimum Gasteiger partial charge on any atom is -0.465 e. The highest BCUT2D eigenvalue weighted by atomic mass is 36.0. The van der Waals surface area contributed by atoms with E-state index in [1.54, 1.807) is 112 Å². The predicted octanol–water partition coefficient (Wildman–Crippen LogP) is 18.0. The molecule has 0 radical (unpaired) electrons. The molecule has 0 spiro atoms. The number of aromatic nitrogens is 14. The number of H-pyrrole nitrogens is 1. The van der Waals surface area contributed by atoms with E-state index in [9.17, 15) is 71.6 Å². The number of piperidine rings is 1. The quantitative estimate of drug-likeness (QED) is 0.0124. The maximum atomic E-state index is 13.6. The number of Topliss-reactive ketones (excluding diaryl/α,β-unsaturated/α-hetero) is 1. The molecule has 48 heteroatoms. The molecule has 7 N–H and O–H groups in total. The zero-order valence-corrected chi connectivity index (χ0v) is 69.5. The van der Waals surface area contributed by atoms with Crippen molar-refractivity contribution in [2.75, 3.05) is 70.0 Å². The van der Waals surface area contributed by atoms with Crippen molar-refractivity contribution in [2.24, 2.45) is 11.7 Å². The van der Waals surface area contributed by atoms with E-state index in [4.69, 9.17) is 73.9 Å². The molecule has 1 saturated heterocycles. The van der Waals surface area contributed by atoms with Gasteiger partial charge in [0.25, 0.3) is 5.56 Å². The molecule has 4 aliphatic heterocycles. The number of aromatic amines is 1. The molecular weight excluding hydrogens is 1800 g/mol. The van der Waals surface area contributed by atoms with Crippen molar-refractivity contribution in [1.82, 2.24) is 69.4 Å². The molecule has 9 aromatic heterocycles. The number of carbonyl (C=O) groups excluding carboxylic acids is 2. The number of ketones is 1. The van der Waals surface area contributed by atoms with E-state index in [0.29, 0.717) is 118 Å². The Labute approximate surface area is 713 Å². The van der Waals surface area contributed by atoms with Crippen molar-refractivity contribution in [3.05, 3.63) is 209 Å². The lowest BCUT2D eigenvalue weighted by molar-refractivity contribution is -0.152. The number of rotatable bonds is 10. The van der Waals surface area contributed by atoms with Crippen LogP contribution in [0, 0.1) is 11.3 Å². The Morgan fingerprint density at radius 2 is 0.975 bits per heavy atom. The number of amidine groups is 1. The van der Waals surface area contributed by atoms with Crippen LogP contribution in [0.15, 0.2) is 127 Å². The average molecular weight is 1860 g/mol. The van der Waals surface area contributed by atoms with Gasteiger partial charge in [-0.25, -0.2) is 44.9 Å². The maximum Gasteiger partial charge on any atom is 0.451 e. The number of fused-ring (bicyclic) bond motifs is 5. The summed E-state index contributed by atoms with van der Waals surface area (Å²) in [5.41, 5.74) is 14.5. The molecule has 4 aliphatic rings. The number of nitrogens with zero attached hydrogens (tertiary/aromatic N) is 17.